The summed E-state index contributed by atoms with van der Waals surface area (Å²) in [5.74, 6) is 2.07. The number of hydrogen-bond acceptors (Lipinski definition) is 5. The van der Waals surface area contributed by atoms with Gasteiger partial charge in [-0.05, 0) is 79.9 Å². The molecule has 0 bridgehead atoms. The molecule has 31 heavy (non-hydrogen) atoms. The van der Waals surface area contributed by atoms with E-state index in [1.165, 1.54) is 22.5 Å². The van der Waals surface area contributed by atoms with Crippen LogP contribution in [0.3, 0.4) is 0 Å². The van der Waals surface area contributed by atoms with Crippen molar-refractivity contribution >= 4 is 33.8 Å². The van der Waals surface area contributed by atoms with Crippen LogP contribution < -0.4 is 11.1 Å². The molecule has 164 valence electrons. The molecule has 5 nitrogen and oxygen atoms in total. The fourth-order valence-electron chi connectivity index (χ4n) is 6.88. The molecule has 6 heteroatoms. The first-order valence-corrected chi connectivity index (χ1v) is 12.3. The van der Waals surface area contributed by atoms with E-state index < -0.39 is 0 Å². The molecule has 3 aliphatic carbocycles. The van der Waals surface area contributed by atoms with E-state index in [-0.39, 0.29) is 17.2 Å². The molecule has 0 aliphatic heterocycles. The molecular weight excluding hydrogens is 406 g/mol. The highest BCUT2D eigenvalue weighted by atomic mass is 32.1. The normalized spacial score (nSPS) is 31.6. The van der Waals surface area contributed by atoms with E-state index in [0.29, 0.717) is 41.5 Å². The van der Waals surface area contributed by atoms with Crippen molar-refractivity contribution in [2.24, 2.45) is 23.2 Å². The Balaban J connectivity index is 1.34. The van der Waals surface area contributed by atoms with Gasteiger partial charge in [-0.15, -0.1) is 11.3 Å². The standard InChI is InChI=1S/C25H31N3O2S/c1-14-13-27-24(31-14)28-22(30)9-6-15-12-21(29)25(2)11-10-17-16-4-3-5-20(26)18(16)7-8-19(17)23(15)25/h3-5,13,15,17,19,23H,6-12,26H2,1-2H3,(H,27,28,30). The second-order valence-corrected chi connectivity index (χ2v) is 11.2. The summed E-state index contributed by atoms with van der Waals surface area (Å²) in [4.78, 5) is 31.0. The Hall–Kier alpha value is -2.21. The minimum Gasteiger partial charge on any atom is -0.398 e. The predicted octanol–water partition coefficient (Wildman–Crippen LogP) is 5.10. The SMILES string of the molecule is Cc1cnc(NC(=O)CCC2CC(=O)C3(C)CCC4c5cccc(N)c5CCC4C23)s1. The van der Waals surface area contributed by atoms with Crippen molar-refractivity contribution in [1.29, 1.82) is 0 Å². The quantitative estimate of drug-likeness (QED) is 0.652. The first-order chi connectivity index (χ1) is 14.9. The molecule has 1 aromatic carbocycles. The van der Waals surface area contributed by atoms with Crippen LogP contribution in [0.5, 0.6) is 0 Å². The molecule has 3 N–H and O–H groups in total. The van der Waals surface area contributed by atoms with Crippen molar-refractivity contribution < 1.29 is 9.59 Å². The number of fused-ring (bicyclic) bond motifs is 5. The number of nitrogens with zero attached hydrogens (tertiary/aromatic N) is 1. The maximum Gasteiger partial charge on any atom is 0.226 e. The molecule has 2 fully saturated rings. The Labute approximate surface area is 187 Å². The lowest BCUT2D eigenvalue weighted by atomic mass is 9.54. The van der Waals surface area contributed by atoms with Crippen LogP contribution in [-0.4, -0.2) is 16.7 Å². The Morgan fingerprint density at radius 2 is 2.19 bits per heavy atom. The van der Waals surface area contributed by atoms with Crippen LogP contribution >= 0.6 is 11.3 Å². The molecule has 2 aromatic rings. The molecule has 2 saturated carbocycles. The smallest absolute Gasteiger partial charge is 0.226 e. The maximum absolute atomic E-state index is 13.1. The van der Waals surface area contributed by atoms with Crippen LogP contribution in [-0.2, 0) is 16.0 Å². The average Bonchev–Trinajstić information content (AvgIpc) is 3.26. The van der Waals surface area contributed by atoms with Gasteiger partial charge in [0.1, 0.15) is 5.78 Å². The number of amides is 1. The number of nitrogens with one attached hydrogen (secondary N) is 1. The minimum absolute atomic E-state index is 0.00419. The minimum atomic E-state index is -0.230. The van der Waals surface area contributed by atoms with Crippen LogP contribution in [0.1, 0.15) is 67.4 Å². The highest BCUT2D eigenvalue weighted by molar-refractivity contribution is 7.15. The molecule has 5 unspecified atom stereocenters. The summed E-state index contributed by atoms with van der Waals surface area (Å²) in [7, 11) is 0. The van der Waals surface area contributed by atoms with E-state index >= 15 is 0 Å². The van der Waals surface area contributed by atoms with Gasteiger partial charge in [0.15, 0.2) is 5.13 Å². The highest BCUT2D eigenvalue weighted by Crippen LogP contribution is 2.62. The van der Waals surface area contributed by atoms with Crippen LogP contribution in [0, 0.1) is 30.1 Å². The Morgan fingerprint density at radius 1 is 1.35 bits per heavy atom. The van der Waals surface area contributed by atoms with E-state index in [1.807, 2.05) is 13.0 Å². The van der Waals surface area contributed by atoms with Crippen molar-refractivity contribution in [3.8, 4) is 0 Å². The van der Waals surface area contributed by atoms with Gasteiger partial charge in [0.25, 0.3) is 0 Å². The topological polar surface area (TPSA) is 85.1 Å². The van der Waals surface area contributed by atoms with Crippen LogP contribution in [0.15, 0.2) is 24.4 Å². The number of rotatable bonds is 4. The third kappa shape index (κ3) is 3.49. The molecule has 1 aromatic heterocycles. The molecule has 5 rings (SSSR count). The van der Waals surface area contributed by atoms with Gasteiger partial charge >= 0.3 is 0 Å². The molecule has 0 saturated heterocycles. The molecule has 1 amide bonds. The fraction of sp³-hybridized carbons (Fsp3) is 0.560. The van der Waals surface area contributed by atoms with E-state index in [4.69, 9.17) is 5.73 Å². The largest absolute Gasteiger partial charge is 0.398 e. The number of hydrogen-bond donors (Lipinski definition) is 2. The lowest BCUT2D eigenvalue weighted by molar-refractivity contribution is -0.129. The van der Waals surface area contributed by atoms with Gasteiger partial charge in [0.05, 0.1) is 0 Å². The predicted molar refractivity (Wildman–Crippen MR) is 124 cm³/mol. The van der Waals surface area contributed by atoms with Crippen LogP contribution in [0.4, 0.5) is 10.8 Å². The fourth-order valence-corrected chi connectivity index (χ4v) is 7.56. The first-order valence-electron chi connectivity index (χ1n) is 11.5. The number of aryl methyl sites for hydroxylation is 1. The highest BCUT2D eigenvalue weighted by Gasteiger charge is 2.58. The monoisotopic (exact) mass is 437 g/mol. The van der Waals surface area contributed by atoms with Gasteiger partial charge in [-0.2, -0.15) is 0 Å². The van der Waals surface area contributed by atoms with Crippen LogP contribution in [0.25, 0.3) is 0 Å². The number of carbonyl (C=O) groups is 2. The van der Waals surface area contributed by atoms with E-state index in [1.54, 1.807) is 6.20 Å². The molecule has 3 aliphatic rings. The van der Waals surface area contributed by atoms with E-state index in [0.717, 1.165) is 42.7 Å². The molecule has 1 heterocycles. The Kier molecular flexibility index (Phi) is 5.16. The van der Waals surface area contributed by atoms with Gasteiger partial charge in [0, 0.05) is 35.0 Å². The maximum atomic E-state index is 13.1. The number of Topliss-reactive ketones (excluding diaryl/α,β-unsaturated/α-hetero) is 1. The zero-order chi connectivity index (χ0) is 21.8. The van der Waals surface area contributed by atoms with Crippen LogP contribution in [0.2, 0.25) is 0 Å². The number of benzene rings is 1. The third-order valence-corrected chi connectivity index (χ3v) is 9.09. The lowest BCUT2D eigenvalue weighted by Crippen LogP contribution is -2.44. The number of ketones is 1. The molecular formula is C25H31N3O2S. The number of nitrogens with two attached hydrogens (primary N) is 1. The van der Waals surface area contributed by atoms with Gasteiger partial charge in [-0.1, -0.05) is 19.1 Å². The van der Waals surface area contributed by atoms with Crippen molar-refractivity contribution in [2.75, 3.05) is 11.1 Å². The Bertz CT molecular complexity index is 1030. The summed E-state index contributed by atoms with van der Waals surface area (Å²) in [6.07, 6.45) is 7.73. The number of nitrogen functional groups attached to an aromatic ring is 1. The van der Waals surface area contributed by atoms with Gasteiger partial charge in [-0.3, -0.25) is 9.59 Å². The number of carbonyl (C=O) groups excluding carboxylic acids is 2. The van der Waals surface area contributed by atoms with Gasteiger partial charge in [-0.25, -0.2) is 4.98 Å². The van der Waals surface area contributed by atoms with Gasteiger partial charge < -0.3 is 11.1 Å². The first kappa shape index (κ1) is 20.7. The number of aromatic nitrogens is 1. The van der Waals surface area contributed by atoms with Crippen molar-refractivity contribution in [2.45, 2.75) is 64.7 Å². The summed E-state index contributed by atoms with van der Waals surface area (Å²) in [5, 5.41) is 3.59. The summed E-state index contributed by atoms with van der Waals surface area (Å²) >= 11 is 1.49. The summed E-state index contributed by atoms with van der Waals surface area (Å²) in [5.41, 5.74) is 9.71. The van der Waals surface area contributed by atoms with E-state index in [2.05, 4.69) is 29.4 Å². The van der Waals surface area contributed by atoms with Crippen molar-refractivity contribution in [3.05, 3.63) is 40.4 Å². The summed E-state index contributed by atoms with van der Waals surface area (Å²) in [6, 6.07) is 6.34. The van der Waals surface area contributed by atoms with Crippen molar-refractivity contribution in [3.63, 3.8) is 0 Å². The lowest BCUT2D eigenvalue weighted by Gasteiger charge is -2.50. The van der Waals surface area contributed by atoms with Crippen molar-refractivity contribution in [1.82, 2.24) is 4.98 Å². The zero-order valence-corrected chi connectivity index (χ0v) is 19.1. The second-order valence-electron chi connectivity index (χ2n) is 9.96. The molecule has 0 radical (unpaired) electrons. The number of thiazole rings is 1. The van der Waals surface area contributed by atoms with Gasteiger partial charge in [0.2, 0.25) is 5.91 Å². The zero-order valence-electron chi connectivity index (χ0n) is 18.3. The summed E-state index contributed by atoms with van der Waals surface area (Å²) in [6.45, 7) is 4.18. The third-order valence-electron chi connectivity index (χ3n) is 8.27. The molecule has 5 atom stereocenters. The molecule has 0 spiro atoms. The average molecular weight is 438 g/mol. The number of anilines is 2. The summed E-state index contributed by atoms with van der Waals surface area (Å²) < 4.78 is 0. The second kappa shape index (κ2) is 7.73. The van der Waals surface area contributed by atoms with E-state index in [9.17, 15) is 9.59 Å². The Morgan fingerprint density at radius 3 is 2.97 bits per heavy atom.